The summed E-state index contributed by atoms with van der Waals surface area (Å²) < 4.78 is 22.9. The largest absolute Gasteiger partial charge is 0.472 e. The number of rotatable bonds is 36. The highest BCUT2D eigenvalue weighted by Crippen LogP contribution is 2.47. The van der Waals surface area contributed by atoms with Crippen molar-refractivity contribution in [1.29, 1.82) is 0 Å². The molecule has 6 unspecified atom stereocenters. The molecule has 1 rings (SSSR count). The monoisotopic (exact) mass is 796 g/mol. The van der Waals surface area contributed by atoms with Crippen LogP contribution in [0, 0.1) is 0 Å². The first-order valence-corrected chi connectivity index (χ1v) is 23.5. The number of hydrogen-bond acceptors (Lipinski definition) is 10. The molecule has 0 saturated heterocycles. The molecule has 0 aliphatic heterocycles. The molecule has 0 aromatic heterocycles. The topological polar surface area (TPSA) is 206 Å². The van der Waals surface area contributed by atoms with Gasteiger partial charge in [0.25, 0.3) is 0 Å². The molecular formula is C41H82NO11P. The van der Waals surface area contributed by atoms with Crippen molar-refractivity contribution in [2.24, 2.45) is 0 Å². The van der Waals surface area contributed by atoms with Crippen molar-refractivity contribution in [3.63, 3.8) is 0 Å². The van der Waals surface area contributed by atoms with E-state index in [9.17, 15) is 44.9 Å². The zero-order valence-corrected chi connectivity index (χ0v) is 34.9. The van der Waals surface area contributed by atoms with E-state index in [1.165, 1.54) is 122 Å². The number of aliphatic hydroxyl groups excluding tert-OH is 6. The van der Waals surface area contributed by atoms with Crippen molar-refractivity contribution in [1.82, 2.24) is 5.32 Å². The Balaban J connectivity index is 2.45. The first-order valence-electron chi connectivity index (χ1n) is 22.0. The van der Waals surface area contributed by atoms with Crippen molar-refractivity contribution in [3.8, 4) is 0 Å². The smallest absolute Gasteiger partial charge is 0.391 e. The van der Waals surface area contributed by atoms with E-state index in [1.54, 1.807) is 0 Å². The summed E-state index contributed by atoms with van der Waals surface area (Å²) in [6, 6.07) is -1.02. The van der Waals surface area contributed by atoms with E-state index in [2.05, 4.69) is 19.2 Å². The Morgan fingerprint density at radius 3 is 1.28 bits per heavy atom. The zero-order chi connectivity index (χ0) is 40.0. The van der Waals surface area contributed by atoms with E-state index in [0.717, 1.165) is 38.5 Å². The van der Waals surface area contributed by atoms with Crippen molar-refractivity contribution >= 4 is 13.7 Å². The summed E-state index contributed by atoms with van der Waals surface area (Å²) in [5.74, 6) is -0.307. The molecule has 0 heterocycles. The summed E-state index contributed by atoms with van der Waals surface area (Å²) >= 11 is 0. The Kier molecular flexibility index (Phi) is 30.7. The molecule has 1 saturated carbocycles. The molecule has 1 aliphatic rings. The number of phosphoric acid groups is 1. The van der Waals surface area contributed by atoms with E-state index >= 15 is 0 Å². The van der Waals surface area contributed by atoms with Gasteiger partial charge in [0.2, 0.25) is 5.91 Å². The summed E-state index contributed by atoms with van der Waals surface area (Å²) in [5.41, 5.74) is 0. The highest BCUT2D eigenvalue weighted by atomic mass is 31.2. The number of amides is 1. The molecule has 1 aliphatic carbocycles. The second kappa shape index (κ2) is 32.3. The molecule has 9 atom stereocenters. The van der Waals surface area contributed by atoms with Gasteiger partial charge < -0.3 is 40.8 Å². The molecule has 1 fully saturated rings. The van der Waals surface area contributed by atoms with E-state index in [1.807, 2.05) is 0 Å². The van der Waals surface area contributed by atoms with Crippen LogP contribution in [0.25, 0.3) is 0 Å². The Labute approximate surface area is 327 Å². The Hall–Kier alpha value is -0.660. The van der Waals surface area contributed by atoms with Gasteiger partial charge in [-0.1, -0.05) is 181 Å². The van der Waals surface area contributed by atoms with Gasteiger partial charge in [0, 0.05) is 6.42 Å². The van der Waals surface area contributed by atoms with Gasteiger partial charge in [-0.2, -0.15) is 0 Å². The molecule has 0 spiro atoms. The van der Waals surface area contributed by atoms with Crippen LogP contribution in [0.1, 0.15) is 200 Å². The first-order chi connectivity index (χ1) is 25.9. The molecule has 54 heavy (non-hydrogen) atoms. The average Bonchev–Trinajstić information content (AvgIpc) is 3.15. The van der Waals surface area contributed by atoms with Gasteiger partial charge in [0.05, 0.1) is 18.8 Å². The maximum Gasteiger partial charge on any atom is 0.472 e. The molecule has 8 N–H and O–H groups in total. The number of unbranched alkanes of at least 4 members (excludes halogenated alkanes) is 25. The number of hydrogen-bond donors (Lipinski definition) is 8. The fourth-order valence-corrected chi connectivity index (χ4v) is 8.23. The van der Waals surface area contributed by atoms with Crippen LogP contribution in [0.5, 0.6) is 0 Å². The molecular weight excluding hydrogens is 713 g/mol. The molecule has 0 aromatic rings. The van der Waals surface area contributed by atoms with E-state index in [0.29, 0.717) is 19.3 Å². The third-order valence-electron chi connectivity index (χ3n) is 10.9. The number of aliphatic hydroxyl groups is 6. The Morgan fingerprint density at radius 1 is 0.556 bits per heavy atom. The molecule has 12 nitrogen and oxygen atoms in total. The molecule has 0 aromatic carbocycles. The first kappa shape index (κ1) is 51.4. The number of carbonyl (C=O) groups is 1. The van der Waals surface area contributed by atoms with E-state index in [4.69, 9.17) is 9.05 Å². The minimum atomic E-state index is -5.04. The molecule has 1 amide bonds. The summed E-state index contributed by atoms with van der Waals surface area (Å²) in [7, 11) is -5.04. The third-order valence-corrected chi connectivity index (χ3v) is 11.9. The highest BCUT2D eigenvalue weighted by Gasteiger charge is 2.51. The predicted molar refractivity (Wildman–Crippen MR) is 214 cm³/mol. The van der Waals surface area contributed by atoms with Crippen LogP contribution in [-0.2, 0) is 18.4 Å². The van der Waals surface area contributed by atoms with Gasteiger partial charge in [0.15, 0.2) is 0 Å². The van der Waals surface area contributed by atoms with Crippen LogP contribution in [0.3, 0.4) is 0 Å². The lowest BCUT2D eigenvalue weighted by molar-refractivity contribution is -0.220. The quantitative estimate of drug-likeness (QED) is 0.0230. The van der Waals surface area contributed by atoms with Gasteiger partial charge >= 0.3 is 7.82 Å². The average molecular weight is 796 g/mol. The fraction of sp³-hybridized carbons (Fsp3) is 0.976. The van der Waals surface area contributed by atoms with E-state index < -0.39 is 63.2 Å². The van der Waals surface area contributed by atoms with Crippen LogP contribution in [0.15, 0.2) is 0 Å². The van der Waals surface area contributed by atoms with Crippen molar-refractivity contribution in [3.05, 3.63) is 0 Å². The van der Waals surface area contributed by atoms with Crippen molar-refractivity contribution in [2.75, 3.05) is 6.61 Å². The summed E-state index contributed by atoms with van der Waals surface area (Å²) in [4.78, 5) is 23.3. The second-order valence-corrected chi connectivity index (χ2v) is 17.3. The maximum absolute atomic E-state index is 12.9. The van der Waals surface area contributed by atoms with Crippen molar-refractivity contribution < 1.29 is 53.9 Å². The maximum atomic E-state index is 12.9. The molecule has 322 valence electrons. The number of carbonyl (C=O) groups excluding carboxylic acids is 1. The standard InChI is InChI=1S/C41H82NO11P/c1-3-5-7-9-11-13-15-16-17-18-19-20-21-23-25-27-29-31-35(44)42-33(34(43)30-28-26-24-22-14-12-10-8-6-4-2)32-52-54(50,51)53-41-39(48)37(46)36(45)38(47)40(41)49/h33-34,36-41,43,45-49H,3-32H2,1-2H3,(H,42,44)(H,50,51)/t33-,34+,36?,37+,38?,39?,40?,41?/m0/s1. The van der Waals surface area contributed by atoms with Crippen molar-refractivity contribution in [2.45, 2.75) is 249 Å². The summed E-state index contributed by atoms with van der Waals surface area (Å²) in [6.45, 7) is 3.86. The Bertz CT molecular complexity index is 931. The lowest BCUT2D eigenvalue weighted by Crippen LogP contribution is -2.64. The normalized spacial score (nSPS) is 23.9. The second-order valence-electron chi connectivity index (χ2n) is 15.9. The lowest BCUT2D eigenvalue weighted by Gasteiger charge is -2.41. The Morgan fingerprint density at radius 2 is 0.889 bits per heavy atom. The van der Waals surface area contributed by atoms with Crippen LogP contribution in [0.2, 0.25) is 0 Å². The lowest BCUT2D eigenvalue weighted by atomic mass is 9.85. The summed E-state index contributed by atoms with van der Waals surface area (Å²) in [6.07, 6.45) is 20.0. The van der Waals surface area contributed by atoms with Gasteiger partial charge in [-0.05, 0) is 12.8 Å². The number of nitrogens with one attached hydrogen (secondary N) is 1. The highest BCUT2D eigenvalue weighted by molar-refractivity contribution is 7.47. The fourth-order valence-electron chi connectivity index (χ4n) is 7.26. The van der Waals surface area contributed by atoms with Gasteiger partial charge in [-0.15, -0.1) is 0 Å². The van der Waals surface area contributed by atoms with Crippen LogP contribution in [0.4, 0.5) is 0 Å². The van der Waals surface area contributed by atoms with Gasteiger partial charge in [-0.25, -0.2) is 4.57 Å². The van der Waals surface area contributed by atoms with Crippen LogP contribution >= 0.6 is 7.82 Å². The molecule has 0 bridgehead atoms. The van der Waals surface area contributed by atoms with Crippen LogP contribution in [-0.4, -0.2) is 96.8 Å². The molecule has 0 radical (unpaired) electrons. The third kappa shape index (κ3) is 24.2. The number of phosphoric ester groups is 1. The minimum Gasteiger partial charge on any atom is -0.391 e. The zero-order valence-electron chi connectivity index (χ0n) is 34.0. The minimum absolute atomic E-state index is 0.242. The molecule has 13 heteroatoms. The van der Waals surface area contributed by atoms with Gasteiger partial charge in [0.1, 0.15) is 36.6 Å². The summed E-state index contributed by atoms with van der Waals surface area (Å²) in [5, 5.41) is 63.9. The predicted octanol–water partition coefficient (Wildman–Crippen LogP) is 7.51. The van der Waals surface area contributed by atoms with Gasteiger partial charge in [-0.3, -0.25) is 13.8 Å². The SMILES string of the molecule is CCCCCCCCCCCCCCCCCCCC(=O)N[C@@H](COP(=O)(O)OC1C(O)C(O)C(O)[C@@H](O)C1O)[C@H](O)CCCCCCCCCCCC. The van der Waals surface area contributed by atoms with E-state index in [-0.39, 0.29) is 12.3 Å². The van der Waals surface area contributed by atoms with Crippen LogP contribution < -0.4 is 5.32 Å².